The molecule has 158 valence electrons. The van der Waals surface area contributed by atoms with Gasteiger partial charge in [-0.25, -0.2) is 0 Å². The van der Waals surface area contributed by atoms with E-state index in [4.69, 9.17) is 14.2 Å². The van der Waals surface area contributed by atoms with Gasteiger partial charge in [0.2, 0.25) is 11.8 Å². The maximum absolute atomic E-state index is 12.6. The third-order valence-electron chi connectivity index (χ3n) is 4.98. The number of Topliss-reactive ketones (excluding diaryl/α,β-unsaturated/α-hetero) is 1. The Morgan fingerprint density at radius 1 is 1.11 bits per heavy atom. The fourth-order valence-corrected chi connectivity index (χ4v) is 3.97. The van der Waals surface area contributed by atoms with Gasteiger partial charge in [0.1, 0.15) is 17.9 Å². The maximum Gasteiger partial charge on any atom is 0.302 e. The molecule has 2 aliphatic rings. The number of fused-ring (bicyclic) bond motifs is 1. The molecule has 9 nitrogen and oxygen atoms in total. The zero-order valence-corrected chi connectivity index (χ0v) is 17.2. The summed E-state index contributed by atoms with van der Waals surface area (Å²) in [6.45, 7) is 9.35. The lowest BCUT2D eigenvalue weighted by Gasteiger charge is -2.39. The lowest BCUT2D eigenvalue weighted by atomic mass is 9.77. The van der Waals surface area contributed by atoms with E-state index in [1.807, 2.05) is 0 Å². The van der Waals surface area contributed by atoms with Gasteiger partial charge >= 0.3 is 5.97 Å². The average molecular weight is 398 g/mol. The van der Waals surface area contributed by atoms with Crippen molar-refractivity contribution in [2.45, 2.75) is 90.6 Å². The smallest absolute Gasteiger partial charge is 0.302 e. The summed E-state index contributed by atoms with van der Waals surface area (Å²) in [6, 6.07) is -1.46. The van der Waals surface area contributed by atoms with Crippen LogP contribution >= 0.6 is 0 Å². The summed E-state index contributed by atoms with van der Waals surface area (Å²) in [6.07, 6.45) is -1.12. The fraction of sp³-hybridized carbons (Fsp3) is 0.789. The molecule has 1 heterocycles. The minimum absolute atomic E-state index is 0.00302. The van der Waals surface area contributed by atoms with Gasteiger partial charge in [0.05, 0.1) is 18.2 Å². The standard InChI is InChI=1S/C19H30N2O7/c1-9(20-11(3)22)18(25)21-16(10(2)26-12(4)23)14-7-13(24)8-15-17(14)28-19(5,6)27-15/h9-10,14-17H,7-8H2,1-6H3,(H,20,22)(H,21,25). The second kappa shape index (κ2) is 8.57. The minimum atomic E-state index is -0.846. The van der Waals surface area contributed by atoms with Crippen LogP contribution in [0.2, 0.25) is 0 Å². The first-order chi connectivity index (χ1) is 12.9. The lowest BCUT2D eigenvalue weighted by Crippen LogP contribution is -2.58. The first-order valence-corrected chi connectivity index (χ1v) is 9.51. The van der Waals surface area contributed by atoms with Gasteiger partial charge in [0.15, 0.2) is 5.79 Å². The summed E-state index contributed by atoms with van der Waals surface area (Å²) >= 11 is 0. The number of rotatable bonds is 6. The van der Waals surface area contributed by atoms with E-state index >= 15 is 0 Å². The predicted octanol–water partition coefficient (Wildman–Crippen LogP) is 0.447. The molecule has 2 rings (SSSR count). The SMILES string of the molecule is CC(=O)NC(C)C(=O)NC(C(C)OC(C)=O)C1CC(=O)CC2OC(C)(C)OC21. The van der Waals surface area contributed by atoms with E-state index in [1.165, 1.54) is 13.8 Å². The molecule has 0 radical (unpaired) electrons. The van der Waals surface area contributed by atoms with Crippen molar-refractivity contribution in [2.75, 3.05) is 0 Å². The molecule has 28 heavy (non-hydrogen) atoms. The van der Waals surface area contributed by atoms with Crippen molar-refractivity contribution in [3.8, 4) is 0 Å². The molecular formula is C19H30N2O7. The summed E-state index contributed by atoms with van der Waals surface area (Å²) in [5.41, 5.74) is 0. The largest absolute Gasteiger partial charge is 0.461 e. The fourth-order valence-electron chi connectivity index (χ4n) is 3.97. The highest BCUT2D eigenvalue weighted by Gasteiger charge is 2.52. The van der Waals surface area contributed by atoms with Gasteiger partial charge in [-0.05, 0) is 27.7 Å². The van der Waals surface area contributed by atoms with Crippen LogP contribution in [0.3, 0.4) is 0 Å². The average Bonchev–Trinajstić information content (AvgIpc) is 2.83. The van der Waals surface area contributed by atoms with Crippen LogP contribution in [-0.2, 0) is 33.4 Å². The van der Waals surface area contributed by atoms with E-state index in [-0.39, 0.29) is 24.5 Å². The number of hydrogen-bond acceptors (Lipinski definition) is 7. The molecule has 6 unspecified atom stereocenters. The van der Waals surface area contributed by atoms with Gasteiger partial charge in [-0.15, -0.1) is 0 Å². The first-order valence-electron chi connectivity index (χ1n) is 9.51. The van der Waals surface area contributed by atoms with Crippen LogP contribution in [0.1, 0.15) is 54.4 Å². The van der Waals surface area contributed by atoms with Crippen molar-refractivity contribution in [3.05, 3.63) is 0 Å². The van der Waals surface area contributed by atoms with Crippen LogP contribution in [0.15, 0.2) is 0 Å². The summed E-state index contributed by atoms with van der Waals surface area (Å²) in [5.74, 6) is -2.56. The second-order valence-electron chi connectivity index (χ2n) is 8.02. The monoisotopic (exact) mass is 398 g/mol. The Balaban J connectivity index is 2.26. The minimum Gasteiger partial charge on any atom is -0.461 e. The maximum atomic E-state index is 12.6. The molecule has 0 aromatic rings. The Kier molecular flexibility index (Phi) is 6.82. The molecular weight excluding hydrogens is 368 g/mol. The number of hydrogen-bond donors (Lipinski definition) is 2. The van der Waals surface area contributed by atoms with Crippen LogP contribution in [-0.4, -0.2) is 59.7 Å². The van der Waals surface area contributed by atoms with Crippen LogP contribution in [0.25, 0.3) is 0 Å². The van der Waals surface area contributed by atoms with Crippen LogP contribution < -0.4 is 10.6 Å². The number of amides is 2. The van der Waals surface area contributed by atoms with Gasteiger partial charge in [-0.3, -0.25) is 19.2 Å². The molecule has 1 saturated carbocycles. The van der Waals surface area contributed by atoms with Crippen molar-refractivity contribution >= 4 is 23.6 Å². The normalized spacial score (nSPS) is 29.2. The zero-order chi connectivity index (χ0) is 21.2. The Morgan fingerprint density at radius 2 is 1.75 bits per heavy atom. The second-order valence-corrected chi connectivity index (χ2v) is 8.02. The number of esters is 1. The Labute approximate surface area is 164 Å². The number of ketones is 1. The van der Waals surface area contributed by atoms with Gasteiger partial charge in [-0.2, -0.15) is 0 Å². The van der Waals surface area contributed by atoms with Crippen molar-refractivity contribution in [1.82, 2.24) is 10.6 Å². The molecule has 1 aliphatic heterocycles. The molecule has 6 atom stereocenters. The van der Waals surface area contributed by atoms with Gasteiger partial charge in [0, 0.05) is 32.6 Å². The predicted molar refractivity (Wildman–Crippen MR) is 98.0 cm³/mol. The summed E-state index contributed by atoms with van der Waals surface area (Å²) < 4.78 is 17.2. The van der Waals surface area contributed by atoms with Gasteiger partial charge < -0.3 is 24.8 Å². The molecule has 0 spiro atoms. The summed E-state index contributed by atoms with van der Waals surface area (Å²) in [5, 5.41) is 5.36. The van der Waals surface area contributed by atoms with E-state index in [0.29, 0.717) is 0 Å². The Morgan fingerprint density at radius 3 is 2.32 bits per heavy atom. The molecule has 1 aliphatic carbocycles. The van der Waals surface area contributed by atoms with Gasteiger partial charge in [0.25, 0.3) is 0 Å². The number of carbonyl (C=O) groups is 4. The highest BCUT2D eigenvalue weighted by Crippen LogP contribution is 2.40. The molecule has 1 saturated heterocycles. The van der Waals surface area contributed by atoms with Crippen LogP contribution in [0.4, 0.5) is 0 Å². The highest BCUT2D eigenvalue weighted by molar-refractivity contribution is 5.87. The third kappa shape index (κ3) is 5.51. The van der Waals surface area contributed by atoms with Crippen LogP contribution in [0, 0.1) is 5.92 Å². The topological polar surface area (TPSA) is 120 Å². The zero-order valence-electron chi connectivity index (χ0n) is 17.2. The van der Waals surface area contributed by atoms with E-state index in [0.717, 1.165) is 0 Å². The van der Waals surface area contributed by atoms with Crippen molar-refractivity contribution in [3.63, 3.8) is 0 Å². The molecule has 2 N–H and O–H groups in total. The van der Waals surface area contributed by atoms with E-state index in [1.54, 1.807) is 27.7 Å². The number of ether oxygens (including phenoxy) is 3. The van der Waals surface area contributed by atoms with Gasteiger partial charge in [-0.1, -0.05) is 0 Å². The molecule has 0 aromatic heterocycles. The van der Waals surface area contributed by atoms with E-state index in [9.17, 15) is 19.2 Å². The number of nitrogens with one attached hydrogen (secondary N) is 2. The lowest BCUT2D eigenvalue weighted by molar-refractivity contribution is -0.157. The highest BCUT2D eigenvalue weighted by atomic mass is 16.8. The van der Waals surface area contributed by atoms with E-state index < -0.39 is 54.0 Å². The molecule has 9 heteroatoms. The van der Waals surface area contributed by atoms with Crippen LogP contribution in [0.5, 0.6) is 0 Å². The molecule has 2 amide bonds. The molecule has 2 fully saturated rings. The molecule has 0 aromatic carbocycles. The Hall–Kier alpha value is -2.00. The van der Waals surface area contributed by atoms with E-state index in [2.05, 4.69) is 10.6 Å². The van der Waals surface area contributed by atoms with Crippen molar-refractivity contribution in [1.29, 1.82) is 0 Å². The molecule has 0 bridgehead atoms. The summed E-state index contributed by atoms with van der Waals surface area (Å²) in [7, 11) is 0. The number of carbonyl (C=O) groups excluding carboxylic acids is 4. The van der Waals surface area contributed by atoms with Crippen molar-refractivity contribution in [2.24, 2.45) is 5.92 Å². The quantitative estimate of drug-likeness (QED) is 0.623. The van der Waals surface area contributed by atoms with Crippen molar-refractivity contribution < 1.29 is 33.4 Å². The third-order valence-corrected chi connectivity index (χ3v) is 4.98. The Bertz CT molecular complexity index is 648. The first kappa shape index (κ1) is 22.3. The summed E-state index contributed by atoms with van der Waals surface area (Å²) in [4.78, 5) is 47.7.